The van der Waals surface area contributed by atoms with E-state index in [2.05, 4.69) is 5.32 Å². The topological polar surface area (TPSA) is 21.3 Å². The lowest BCUT2D eigenvalue weighted by Gasteiger charge is -2.26. The number of hydrogen-bond donors (Lipinski definition) is 1. The second kappa shape index (κ2) is 4.81. The van der Waals surface area contributed by atoms with Crippen LogP contribution in [-0.2, 0) is 0 Å². The molecule has 1 fully saturated rings. The van der Waals surface area contributed by atoms with E-state index >= 15 is 0 Å². The van der Waals surface area contributed by atoms with E-state index in [0.717, 1.165) is 19.5 Å². The first-order chi connectivity index (χ1) is 7.27. The predicted molar refractivity (Wildman–Crippen MR) is 57.9 cm³/mol. The van der Waals surface area contributed by atoms with Gasteiger partial charge in [-0.15, -0.1) is 0 Å². The van der Waals surface area contributed by atoms with Gasteiger partial charge in [-0.25, -0.2) is 4.39 Å². The minimum absolute atomic E-state index is 0.173. The van der Waals surface area contributed by atoms with Gasteiger partial charge in [-0.05, 0) is 37.6 Å². The van der Waals surface area contributed by atoms with E-state index in [-0.39, 0.29) is 5.75 Å². The van der Waals surface area contributed by atoms with E-state index in [0.29, 0.717) is 17.5 Å². The Hall–Kier alpha value is -0.800. The van der Waals surface area contributed by atoms with Gasteiger partial charge in [-0.2, -0.15) is 0 Å². The van der Waals surface area contributed by atoms with Crippen molar-refractivity contribution in [2.45, 2.75) is 6.42 Å². The van der Waals surface area contributed by atoms with Crippen LogP contribution in [0.5, 0.6) is 5.75 Å². The van der Waals surface area contributed by atoms with Crippen molar-refractivity contribution in [3.8, 4) is 5.75 Å². The molecule has 2 nitrogen and oxygen atoms in total. The fourth-order valence-electron chi connectivity index (χ4n) is 1.50. The van der Waals surface area contributed by atoms with Crippen molar-refractivity contribution in [2.24, 2.45) is 5.92 Å². The summed E-state index contributed by atoms with van der Waals surface area (Å²) in [6.45, 7) is 2.59. The summed E-state index contributed by atoms with van der Waals surface area (Å²) in [5, 5.41) is 3.51. The molecule has 0 aliphatic carbocycles. The lowest BCUT2D eigenvalue weighted by Crippen LogP contribution is -2.42. The Kier molecular flexibility index (Phi) is 3.44. The van der Waals surface area contributed by atoms with Gasteiger partial charge in [0.15, 0.2) is 11.6 Å². The maximum atomic E-state index is 13.2. The van der Waals surface area contributed by atoms with Crippen LogP contribution in [0.1, 0.15) is 6.42 Å². The van der Waals surface area contributed by atoms with Crippen LogP contribution in [0.25, 0.3) is 0 Å². The highest BCUT2D eigenvalue weighted by Gasteiger charge is 2.17. The number of halogens is 2. The summed E-state index contributed by atoms with van der Waals surface area (Å²) in [6.07, 6.45) is 0.942. The highest BCUT2D eigenvalue weighted by molar-refractivity contribution is 6.32. The van der Waals surface area contributed by atoms with E-state index in [9.17, 15) is 4.39 Å². The minimum Gasteiger partial charge on any atom is -0.489 e. The van der Waals surface area contributed by atoms with Crippen LogP contribution < -0.4 is 10.1 Å². The first-order valence-corrected chi connectivity index (χ1v) is 5.42. The van der Waals surface area contributed by atoms with E-state index in [1.54, 1.807) is 12.1 Å². The average molecular weight is 230 g/mol. The number of nitrogens with one attached hydrogen (secondary N) is 1. The first kappa shape index (κ1) is 10.7. The van der Waals surface area contributed by atoms with Gasteiger partial charge < -0.3 is 10.1 Å². The molecule has 1 aromatic carbocycles. The lowest BCUT2D eigenvalue weighted by molar-refractivity contribution is 0.232. The third kappa shape index (κ3) is 2.61. The Morgan fingerprint density at radius 1 is 1.47 bits per heavy atom. The van der Waals surface area contributed by atoms with Crippen LogP contribution in [0, 0.1) is 11.7 Å². The molecular weight excluding hydrogens is 217 g/mol. The highest BCUT2D eigenvalue weighted by atomic mass is 35.5. The van der Waals surface area contributed by atoms with E-state index in [1.165, 1.54) is 6.07 Å². The third-order valence-electron chi connectivity index (χ3n) is 2.56. The molecule has 1 aliphatic heterocycles. The number of para-hydroxylation sites is 1. The van der Waals surface area contributed by atoms with Crippen LogP contribution in [0.3, 0.4) is 0 Å². The van der Waals surface area contributed by atoms with E-state index in [1.807, 2.05) is 0 Å². The van der Waals surface area contributed by atoms with Crippen molar-refractivity contribution in [2.75, 3.05) is 19.7 Å². The molecule has 1 saturated heterocycles. The summed E-state index contributed by atoms with van der Waals surface area (Å²) in [7, 11) is 0. The predicted octanol–water partition coefficient (Wildman–Crippen LogP) is 2.47. The van der Waals surface area contributed by atoms with Crippen LogP contribution in [0.2, 0.25) is 5.02 Å². The molecule has 0 bridgehead atoms. The molecule has 0 aromatic heterocycles. The molecule has 0 amide bonds. The quantitative estimate of drug-likeness (QED) is 0.857. The van der Waals surface area contributed by atoms with Crippen molar-refractivity contribution < 1.29 is 9.13 Å². The summed E-state index contributed by atoms with van der Waals surface area (Å²) in [4.78, 5) is 0. The maximum absolute atomic E-state index is 13.2. The van der Waals surface area contributed by atoms with Gasteiger partial charge in [0.25, 0.3) is 0 Å². The smallest absolute Gasteiger partial charge is 0.173 e. The fraction of sp³-hybridized carbons (Fsp3) is 0.455. The van der Waals surface area contributed by atoms with Crippen molar-refractivity contribution in [1.29, 1.82) is 0 Å². The molecule has 4 heteroatoms. The molecule has 0 radical (unpaired) electrons. The third-order valence-corrected chi connectivity index (χ3v) is 2.86. The van der Waals surface area contributed by atoms with Gasteiger partial charge >= 0.3 is 0 Å². The largest absolute Gasteiger partial charge is 0.489 e. The Labute approximate surface area is 93.4 Å². The van der Waals surface area contributed by atoms with E-state index < -0.39 is 5.82 Å². The maximum Gasteiger partial charge on any atom is 0.173 e. The molecule has 15 heavy (non-hydrogen) atoms. The zero-order valence-electron chi connectivity index (χ0n) is 8.30. The Balaban J connectivity index is 1.86. The van der Waals surface area contributed by atoms with Gasteiger partial charge in [0.1, 0.15) is 0 Å². The summed E-state index contributed by atoms with van der Waals surface area (Å²) in [5.74, 6) is 0.441. The van der Waals surface area contributed by atoms with Gasteiger partial charge in [0, 0.05) is 0 Å². The van der Waals surface area contributed by atoms with Crippen LogP contribution in [0.4, 0.5) is 4.39 Å². The summed E-state index contributed by atoms with van der Waals surface area (Å²) < 4.78 is 18.6. The van der Waals surface area contributed by atoms with Crippen LogP contribution >= 0.6 is 11.6 Å². The fourth-order valence-corrected chi connectivity index (χ4v) is 1.72. The zero-order chi connectivity index (χ0) is 10.7. The normalized spacial score (nSPS) is 16.1. The second-order valence-electron chi connectivity index (χ2n) is 3.71. The molecule has 2 rings (SSSR count). The summed E-state index contributed by atoms with van der Waals surface area (Å²) in [5.41, 5.74) is 0. The molecule has 0 atom stereocenters. The van der Waals surface area contributed by atoms with Crippen LogP contribution in [-0.4, -0.2) is 19.7 Å². The Morgan fingerprint density at radius 2 is 2.27 bits per heavy atom. The molecule has 0 saturated carbocycles. The van der Waals surface area contributed by atoms with Crippen molar-refractivity contribution in [1.82, 2.24) is 5.32 Å². The van der Waals surface area contributed by atoms with Crippen molar-refractivity contribution >= 4 is 11.6 Å². The molecule has 1 aromatic rings. The minimum atomic E-state index is -0.394. The number of benzene rings is 1. The standard InChI is InChI=1S/C11H13ClFNO/c12-9-2-1-3-10(13)11(9)15-5-4-8-6-14-7-8/h1-3,8,14H,4-7H2. The molecular formula is C11H13ClFNO. The number of rotatable bonds is 4. The number of hydrogen-bond acceptors (Lipinski definition) is 2. The summed E-state index contributed by atoms with van der Waals surface area (Å²) in [6, 6.07) is 4.55. The summed E-state index contributed by atoms with van der Waals surface area (Å²) >= 11 is 5.82. The van der Waals surface area contributed by atoms with Gasteiger partial charge in [-0.1, -0.05) is 17.7 Å². The Bertz CT molecular complexity index is 321. The monoisotopic (exact) mass is 229 g/mol. The lowest BCUT2D eigenvalue weighted by atomic mass is 10.0. The molecule has 1 N–H and O–H groups in total. The Morgan fingerprint density at radius 3 is 2.87 bits per heavy atom. The highest BCUT2D eigenvalue weighted by Crippen LogP contribution is 2.27. The van der Waals surface area contributed by atoms with Crippen molar-refractivity contribution in [3.63, 3.8) is 0 Å². The molecule has 82 valence electrons. The average Bonchev–Trinajstić information content (AvgIpc) is 2.13. The van der Waals surface area contributed by atoms with Gasteiger partial charge in [0.2, 0.25) is 0 Å². The molecule has 0 unspecified atom stereocenters. The van der Waals surface area contributed by atoms with Crippen LogP contribution in [0.15, 0.2) is 18.2 Å². The zero-order valence-corrected chi connectivity index (χ0v) is 9.06. The van der Waals surface area contributed by atoms with E-state index in [4.69, 9.17) is 16.3 Å². The second-order valence-corrected chi connectivity index (χ2v) is 4.12. The van der Waals surface area contributed by atoms with Gasteiger partial charge in [0.05, 0.1) is 11.6 Å². The van der Waals surface area contributed by atoms with Gasteiger partial charge in [-0.3, -0.25) is 0 Å². The molecule has 1 heterocycles. The first-order valence-electron chi connectivity index (χ1n) is 5.05. The molecule has 0 spiro atoms. The number of ether oxygens (including phenoxy) is 1. The molecule has 1 aliphatic rings. The van der Waals surface area contributed by atoms with Crippen molar-refractivity contribution in [3.05, 3.63) is 29.0 Å². The SMILES string of the molecule is Fc1cccc(Cl)c1OCCC1CNC1.